The van der Waals surface area contributed by atoms with Gasteiger partial charge in [0.2, 0.25) is 0 Å². The maximum atomic E-state index is 12.3. The zero-order valence-electron chi connectivity index (χ0n) is 5.86. The maximum absolute atomic E-state index is 12.3. The lowest BCUT2D eigenvalue weighted by atomic mass is 10.2. The Morgan fingerprint density at radius 1 is 1.17 bits per heavy atom. The number of primary amides is 1. The van der Waals surface area contributed by atoms with Crippen molar-refractivity contribution in [1.29, 1.82) is 0 Å². The Kier molecular flexibility index (Phi) is 1.69. The highest BCUT2D eigenvalue weighted by Crippen LogP contribution is 2.40. The summed E-state index contributed by atoms with van der Waals surface area (Å²) in [5.41, 5.74) is 4.56. The molecule has 0 unspecified atom stereocenters. The third-order valence-electron chi connectivity index (χ3n) is 1.63. The van der Waals surface area contributed by atoms with Gasteiger partial charge in [0.25, 0.3) is 0 Å². The van der Waals surface area contributed by atoms with Crippen LogP contribution >= 0.6 is 0 Å². The molecule has 0 aromatic rings. The van der Waals surface area contributed by atoms with Gasteiger partial charge >= 0.3 is 17.9 Å². The van der Waals surface area contributed by atoms with E-state index in [0.29, 0.717) is 0 Å². The zero-order chi connectivity index (χ0) is 9.57. The minimum absolute atomic E-state index is 0.222. The fraction of sp³-hybridized carbons (Fsp3) is 0.800. The Bertz CT molecular complexity index is 201. The van der Waals surface area contributed by atoms with Crippen LogP contribution in [0.5, 0.6) is 0 Å². The first-order valence-electron chi connectivity index (χ1n) is 3.06. The van der Waals surface area contributed by atoms with Gasteiger partial charge in [0, 0.05) is 0 Å². The molecule has 0 aromatic carbocycles. The molecule has 1 saturated heterocycles. The van der Waals surface area contributed by atoms with Gasteiger partial charge < -0.3 is 10.6 Å². The molecule has 1 aliphatic heterocycles. The van der Waals surface area contributed by atoms with E-state index in [1.165, 1.54) is 0 Å². The number of carbonyl (C=O) groups is 1. The van der Waals surface area contributed by atoms with E-state index in [2.05, 4.69) is 5.73 Å². The van der Waals surface area contributed by atoms with Gasteiger partial charge in [-0.1, -0.05) is 0 Å². The molecule has 0 bridgehead atoms. The number of hydrogen-bond donors (Lipinski definition) is 1. The van der Waals surface area contributed by atoms with E-state index >= 15 is 0 Å². The van der Waals surface area contributed by atoms with Gasteiger partial charge in [-0.2, -0.15) is 17.6 Å². The number of urea groups is 1. The van der Waals surface area contributed by atoms with Crippen LogP contribution in [0.2, 0.25) is 0 Å². The van der Waals surface area contributed by atoms with Gasteiger partial charge in [-0.25, -0.2) is 4.79 Å². The van der Waals surface area contributed by atoms with Crippen molar-refractivity contribution in [3.63, 3.8) is 0 Å². The normalized spacial score (nSPS) is 25.8. The van der Waals surface area contributed by atoms with Crippen LogP contribution in [0, 0.1) is 0 Å². The third kappa shape index (κ3) is 1.19. The summed E-state index contributed by atoms with van der Waals surface area (Å²) in [5.74, 6) is -8.33. The molecule has 0 spiro atoms. The smallest absolute Gasteiger partial charge is 0.329 e. The number of amides is 2. The van der Waals surface area contributed by atoms with Gasteiger partial charge in [0.15, 0.2) is 0 Å². The molecule has 0 aromatic heterocycles. The first-order valence-corrected chi connectivity index (χ1v) is 3.06. The number of halogens is 4. The Morgan fingerprint density at radius 2 is 1.50 bits per heavy atom. The molecule has 0 aliphatic carbocycles. The second-order valence-electron chi connectivity index (χ2n) is 2.60. The van der Waals surface area contributed by atoms with Crippen molar-refractivity contribution in [3.8, 4) is 0 Å². The standard InChI is InChI=1S/C5H6F4N2O/c6-4(7)1-11(3(10)12)2-5(4,8)9/h1-2H2,(H2,10,12). The van der Waals surface area contributed by atoms with Crippen LogP contribution < -0.4 is 5.73 Å². The Morgan fingerprint density at radius 3 is 1.67 bits per heavy atom. The number of alkyl halides is 4. The van der Waals surface area contributed by atoms with Crippen LogP contribution in [-0.4, -0.2) is 35.9 Å². The summed E-state index contributed by atoms with van der Waals surface area (Å²) in [4.78, 5) is 10.5. The average molecular weight is 186 g/mol. The predicted octanol–water partition coefficient (Wildman–Crippen LogP) is 0.651. The van der Waals surface area contributed by atoms with Gasteiger partial charge in [-0.15, -0.1) is 0 Å². The summed E-state index contributed by atoms with van der Waals surface area (Å²) in [6, 6.07) is -1.26. The highest BCUT2D eigenvalue weighted by Gasteiger charge is 2.63. The van der Waals surface area contributed by atoms with E-state index in [0.717, 1.165) is 0 Å². The number of hydrogen-bond acceptors (Lipinski definition) is 1. The Balaban J connectivity index is 2.81. The van der Waals surface area contributed by atoms with E-state index in [4.69, 9.17) is 0 Å². The monoisotopic (exact) mass is 186 g/mol. The molecule has 1 aliphatic rings. The van der Waals surface area contributed by atoms with Crippen LogP contribution in [0.1, 0.15) is 0 Å². The second kappa shape index (κ2) is 2.24. The molecule has 2 amide bonds. The van der Waals surface area contributed by atoms with Gasteiger partial charge in [-0.05, 0) is 0 Å². The number of rotatable bonds is 0. The summed E-state index contributed by atoms with van der Waals surface area (Å²) in [6.45, 7) is -2.62. The van der Waals surface area contributed by atoms with E-state index in [9.17, 15) is 22.4 Å². The summed E-state index contributed by atoms with van der Waals surface area (Å²) in [7, 11) is 0. The zero-order valence-corrected chi connectivity index (χ0v) is 5.86. The average Bonchev–Trinajstić information content (AvgIpc) is 2.03. The molecular weight excluding hydrogens is 180 g/mol. The van der Waals surface area contributed by atoms with Gasteiger partial charge in [-0.3, -0.25) is 0 Å². The number of likely N-dealkylation sites (tertiary alicyclic amines) is 1. The van der Waals surface area contributed by atoms with Crippen LogP contribution in [0.15, 0.2) is 0 Å². The molecular formula is C5H6F4N2O. The summed E-state index contributed by atoms with van der Waals surface area (Å²) in [5, 5.41) is 0. The van der Waals surface area contributed by atoms with Crippen molar-refractivity contribution >= 4 is 6.03 Å². The van der Waals surface area contributed by atoms with E-state index < -0.39 is 31.0 Å². The van der Waals surface area contributed by atoms with Crippen LogP contribution in [0.25, 0.3) is 0 Å². The van der Waals surface area contributed by atoms with Crippen molar-refractivity contribution in [2.75, 3.05) is 13.1 Å². The quantitative estimate of drug-likeness (QED) is 0.555. The van der Waals surface area contributed by atoms with E-state index in [1.54, 1.807) is 0 Å². The molecule has 3 nitrogen and oxygen atoms in total. The minimum atomic E-state index is -4.16. The molecule has 12 heavy (non-hydrogen) atoms. The van der Waals surface area contributed by atoms with Crippen molar-refractivity contribution in [2.45, 2.75) is 11.8 Å². The van der Waals surface area contributed by atoms with Crippen molar-refractivity contribution < 1.29 is 22.4 Å². The lowest BCUT2D eigenvalue weighted by Crippen LogP contribution is -2.38. The third-order valence-corrected chi connectivity index (χ3v) is 1.63. The minimum Gasteiger partial charge on any atom is -0.351 e. The molecule has 0 atom stereocenters. The topological polar surface area (TPSA) is 46.3 Å². The fourth-order valence-corrected chi connectivity index (χ4v) is 0.922. The molecule has 7 heteroatoms. The first-order chi connectivity index (χ1) is 5.26. The number of nitrogens with two attached hydrogens (primary N) is 1. The van der Waals surface area contributed by atoms with E-state index in [1.807, 2.05) is 0 Å². The lowest BCUT2D eigenvalue weighted by Gasteiger charge is -2.14. The van der Waals surface area contributed by atoms with Crippen LogP contribution in [0.3, 0.4) is 0 Å². The summed E-state index contributed by atoms with van der Waals surface area (Å²) >= 11 is 0. The largest absolute Gasteiger partial charge is 0.351 e. The Hall–Kier alpha value is -1.01. The highest BCUT2D eigenvalue weighted by atomic mass is 19.3. The SMILES string of the molecule is NC(=O)N1CC(F)(F)C(F)(F)C1. The van der Waals surface area contributed by atoms with Crippen molar-refractivity contribution in [2.24, 2.45) is 5.73 Å². The van der Waals surface area contributed by atoms with Gasteiger partial charge in [0.1, 0.15) is 0 Å². The van der Waals surface area contributed by atoms with Crippen molar-refractivity contribution in [3.05, 3.63) is 0 Å². The molecule has 0 saturated carbocycles. The molecule has 2 N–H and O–H groups in total. The van der Waals surface area contributed by atoms with Crippen molar-refractivity contribution in [1.82, 2.24) is 4.90 Å². The highest BCUT2D eigenvalue weighted by molar-refractivity contribution is 5.72. The molecule has 1 heterocycles. The molecule has 1 fully saturated rings. The fourth-order valence-electron chi connectivity index (χ4n) is 0.922. The van der Waals surface area contributed by atoms with Gasteiger partial charge in [0.05, 0.1) is 13.1 Å². The second-order valence-corrected chi connectivity index (χ2v) is 2.60. The first kappa shape index (κ1) is 9.08. The lowest BCUT2D eigenvalue weighted by molar-refractivity contribution is -0.172. The molecule has 0 radical (unpaired) electrons. The maximum Gasteiger partial charge on any atom is 0.329 e. The number of nitrogens with zero attached hydrogens (tertiary/aromatic N) is 1. The van der Waals surface area contributed by atoms with Crippen LogP contribution in [-0.2, 0) is 0 Å². The summed E-state index contributed by atoms with van der Waals surface area (Å²) < 4.78 is 49.3. The summed E-state index contributed by atoms with van der Waals surface area (Å²) in [6.07, 6.45) is 0. The molecule has 70 valence electrons. The Labute approximate surface area is 65.1 Å². The van der Waals surface area contributed by atoms with Crippen LogP contribution in [0.4, 0.5) is 22.4 Å². The predicted molar refractivity (Wildman–Crippen MR) is 31.1 cm³/mol. The molecule has 1 rings (SSSR count). The van der Waals surface area contributed by atoms with E-state index in [-0.39, 0.29) is 4.90 Å². The number of carbonyl (C=O) groups excluding carboxylic acids is 1.